The van der Waals surface area contributed by atoms with Crippen molar-refractivity contribution in [2.24, 2.45) is 0 Å². The van der Waals surface area contributed by atoms with Crippen LogP contribution in [0.5, 0.6) is 5.75 Å². The highest BCUT2D eigenvalue weighted by molar-refractivity contribution is 7.92. The predicted octanol–water partition coefficient (Wildman–Crippen LogP) is 4.38. The summed E-state index contributed by atoms with van der Waals surface area (Å²) in [6.45, 7) is 0. The summed E-state index contributed by atoms with van der Waals surface area (Å²) in [4.78, 5) is 25.7. The standard InChI is InChI=1S/C24H18F5N3O5S/c1-37-21-18(15-4-3-14-10-16(31-38(2,35)36)6-5-13(14)9-15)11-17(32-8-7-20(33)30-22(32)34)12-19(21)23(25,26)24(27,28)29/h3-12,31H,1-2H3,(H,30,33,34). The number of nitrogens with one attached hydrogen (secondary N) is 2. The second kappa shape index (κ2) is 9.28. The van der Waals surface area contributed by atoms with E-state index in [2.05, 4.69) is 4.72 Å². The molecule has 200 valence electrons. The molecule has 0 saturated carbocycles. The average molecular weight is 555 g/mol. The van der Waals surface area contributed by atoms with Gasteiger partial charge in [-0.2, -0.15) is 22.0 Å². The lowest BCUT2D eigenvalue weighted by atomic mass is 9.95. The highest BCUT2D eigenvalue weighted by Gasteiger charge is 2.60. The zero-order valence-electron chi connectivity index (χ0n) is 19.6. The molecule has 38 heavy (non-hydrogen) atoms. The topological polar surface area (TPSA) is 110 Å². The quantitative estimate of drug-likeness (QED) is 0.343. The van der Waals surface area contributed by atoms with Gasteiger partial charge in [0.05, 0.1) is 24.6 Å². The van der Waals surface area contributed by atoms with Gasteiger partial charge in [-0.05, 0) is 46.7 Å². The molecule has 0 bridgehead atoms. The Labute approximate surface area is 211 Å². The maximum absolute atomic E-state index is 14.7. The number of fused-ring (bicyclic) bond motifs is 1. The fourth-order valence-electron chi connectivity index (χ4n) is 3.88. The molecule has 0 radical (unpaired) electrons. The predicted molar refractivity (Wildman–Crippen MR) is 131 cm³/mol. The van der Waals surface area contributed by atoms with Gasteiger partial charge in [0.1, 0.15) is 5.75 Å². The molecular formula is C24H18F5N3O5S. The molecular weight excluding hydrogens is 537 g/mol. The summed E-state index contributed by atoms with van der Waals surface area (Å²) >= 11 is 0. The van der Waals surface area contributed by atoms with E-state index in [9.17, 15) is 40.0 Å². The molecule has 4 aromatic rings. The first-order chi connectivity index (χ1) is 17.6. The Kier molecular flexibility index (Phi) is 6.55. The van der Waals surface area contributed by atoms with E-state index >= 15 is 0 Å². The van der Waals surface area contributed by atoms with Crippen molar-refractivity contribution in [2.45, 2.75) is 12.1 Å². The van der Waals surface area contributed by atoms with Gasteiger partial charge in [0.2, 0.25) is 10.0 Å². The normalized spacial score (nSPS) is 12.5. The minimum atomic E-state index is -5.99. The van der Waals surface area contributed by atoms with Crippen molar-refractivity contribution >= 4 is 26.5 Å². The summed E-state index contributed by atoms with van der Waals surface area (Å²) in [5.41, 5.74) is -3.53. The van der Waals surface area contributed by atoms with Crippen LogP contribution in [0.4, 0.5) is 27.6 Å². The zero-order valence-corrected chi connectivity index (χ0v) is 20.4. The van der Waals surface area contributed by atoms with Crippen molar-refractivity contribution in [2.75, 3.05) is 18.1 Å². The monoisotopic (exact) mass is 555 g/mol. The lowest BCUT2D eigenvalue weighted by molar-refractivity contribution is -0.289. The van der Waals surface area contributed by atoms with Crippen molar-refractivity contribution in [3.8, 4) is 22.6 Å². The van der Waals surface area contributed by atoms with Crippen LogP contribution in [0.3, 0.4) is 0 Å². The van der Waals surface area contributed by atoms with E-state index in [1.54, 1.807) is 0 Å². The maximum atomic E-state index is 14.7. The van der Waals surface area contributed by atoms with Gasteiger partial charge in [-0.15, -0.1) is 0 Å². The van der Waals surface area contributed by atoms with Gasteiger partial charge in [-0.1, -0.05) is 18.2 Å². The summed E-state index contributed by atoms with van der Waals surface area (Å²) < 4.78 is 101. The number of H-pyrrole nitrogens is 1. The molecule has 0 saturated heterocycles. The molecule has 0 unspecified atom stereocenters. The highest BCUT2D eigenvalue weighted by Crippen LogP contribution is 2.50. The van der Waals surface area contributed by atoms with Gasteiger partial charge in [0.25, 0.3) is 5.56 Å². The number of nitrogens with zero attached hydrogens (tertiary/aromatic N) is 1. The number of halogens is 5. The van der Waals surface area contributed by atoms with Gasteiger partial charge in [-0.3, -0.25) is 19.1 Å². The van der Waals surface area contributed by atoms with Crippen molar-refractivity contribution in [3.63, 3.8) is 0 Å². The first kappa shape index (κ1) is 26.9. The first-order valence-electron chi connectivity index (χ1n) is 10.6. The number of alkyl halides is 5. The number of methoxy groups -OCH3 is 1. The molecule has 0 spiro atoms. The largest absolute Gasteiger partial charge is 0.496 e. The van der Waals surface area contributed by atoms with Crippen LogP contribution in [0.1, 0.15) is 5.56 Å². The number of aromatic nitrogens is 2. The second-order valence-electron chi connectivity index (χ2n) is 8.28. The SMILES string of the molecule is COc1c(-c2ccc3cc(NS(C)(=O)=O)ccc3c2)cc(-n2ccc(=O)[nH]c2=O)cc1C(F)(F)C(F)(F)F. The van der Waals surface area contributed by atoms with E-state index in [4.69, 9.17) is 4.74 Å². The smallest absolute Gasteiger partial charge is 0.458 e. The Hall–Kier alpha value is -4.20. The molecule has 2 N–H and O–H groups in total. The van der Waals surface area contributed by atoms with E-state index < -0.39 is 44.7 Å². The van der Waals surface area contributed by atoms with Gasteiger partial charge >= 0.3 is 17.8 Å². The lowest BCUT2D eigenvalue weighted by Crippen LogP contribution is -2.34. The number of rotatable bonds is 6. The zero-order chi connectivity index (χ0) is 28.0. The molecule has 4 rings (SSSR count). The number of anilines is 1. The molecule has 8 nitrogen and oxygen atoms in total. The van der Waals surface area contributed by atoms with Gasteiger partial charge in [-0.25, -0.2) is 13.2 Å². The van der Waals surface area contributed by atoms with E-state index in [0.29, 0.717) is 21.4 Å². The Morgan fingerprint density at radius 2 is 1.58 bits per heavy atom. The fourth-order valence-corrected chi connectivity index (χ4v) is 4.44. The van der Waals surface area contributed by atoms with Crippen LogP contribution < -0.4 is 20.7 Å². The molecule has 1 aromatic heterocycles. The maximum Gasteiger partial charge on any atom is 0.458 e. The van der Waals surface area contributed by atoms with Crippen molar-refractivity contribution < 1.29 is 35.1 Å². The van der Waals surface area contributed by atoms with E-state index in [-0.39, 0.29) is 22.5 Å². The van der Waals surface area contributed by atoms with Crippen LogP contribution in [-0.2, 0) is 15.9 Å². The third kappa shape index (κ3) is 5.11. The number of sulfonamides is 1. The van der Waals surface area contributed by atoms with Crippen molar-refractivity contribution in [1.29, 1.82) is 0 Å². The van der Waals surface area contributed by atoms with E-state index in [1.807, 2.05) is 4.98 Å². The van der Waals surface area contributed by atoms with Crippen molar-refractivity contribution in [1.82, 2.24) is 9.55 Å². The molecule has 0 atom stereocenters. The summed E-state index contributed by atoms with van der Waals surface area (Å²) in [7, 11) is -2.62. The van der Waals surface area contributed by atoms with E-state index in [0.717, 1.165) is 25.6 Å². The lowest BCUT2D eigenvalue weighted by Gasteiger charge is -2.25. The minimum Gasteiger partial charge on any atom is -0.496 e. The van der Waals surface area contributed by atoms with Crippen LogP contribution >= 0.6 is 0 Å². The van der Waals surface area contributed by atoms with E-state index in [1.165, 1.54) is 42.5 Å². The molecule has 0 aliphatic heterocycles. The van der Waals surface area contributed by atoms with Crippen LogP contribution in [0.2, 0.25) is 0 Å². The van der Waals surface area contributed by atoms with Crippen LogP contribution in [0, 0.1) is 0 Å². The molecule has 0 amide bonds. The van der Waals surface area contributed by atoms with Crippen LogP contribution in [-0.4, -0.2) is 37.5 Å². The highest BCUT2D eigenvalue weighted by atomic mass is 32.2. The fraction of sp³-hybridized carbons (Fsp3) is 0.167. The third-order valence-electron chi connectivity index (χ3n) is 5.53. The Morgan fingerprint density at radius 3 is 2.18 bits per heavy atom. The molecule has 1 heterocycles. The number of ether oxygens (including phenoxy) is 1. The summed E-state index contributed by atoms with van der Waals surface area (Å²) in [5, 5.41) is 1.04. The Morgan fingerprint density at radius 1 is 0.921 bits per heavy atom. The number of benzene rings is 3. The summed E-state index contributed by atoms with van der Waals surface area (Å²) in [6.07, 6.45) is -4.07. The summed E-state index contributed by atoms with van der Waals surface area (Å²) in [6, 6.07) is 11.4. The number of hydrogen-bond donors (Lipinski definition) is 2. The average Bonchev–Trinajstić information content (AvgIpc) is 2.81. The van der Waals surface area contributed by atoms with Gasteiger partial charge in [0.15, 0.2) is 0 Å². The summed E-state index contributed by atoms with van der Waals surface area (Å²) in [5.74, 6) is -6.14. The first-order valence-corrected chi connectivity index (χ1v) is 12.5. The molecule has 0 fully saturated rings. The van der Waals surface area contributed by atoms with Crippen LogP contribution in [0.25, 0.3) is 27.6 Å². The second-order valence-corrected chi connectivity index (χ2v) is 10.0. The Balaban J connectivity index is 2.00. The molecule has 14 heteroatoms. The van der Waals surface area contributed by atoms with Crippen molar-refractivity contribution in [3.05, 3.63) is 87.2 Å². The molecule has 3 aromatic carbocycles. The number of aromatic amines is 1. The molecule has 0 aliphatic carbocycles. The Bertz CT molecular complexity index is 1780. The third-order valence-corrected chi connectivity index (χ3v) is 6.14. The van der Waals surface area contributed by atoms with Gasteiger partial charge in [0, 0.05) is 23.5 Å². The number of hydrogen-bond acceptors (Lipinski definition) is 5. The minimum absolute atomic E-state index is 0.164. The van der Waals surface area contributed by atoms with Gasteiger partial charge < -0.3 is 4.74 Å². The molecule has 0 aliphatic rings. The van der Waals surface area contributed by atoms with Crippen LogP contribution in [0.15, 0.2) is 70.4 Å².